The Morgan fingerprint density at radius 2 is 2.24 bits per heavy atom. The molecule has 0 spiro atoms. The molecule has 2 rings (SSSR count). The van der Waals surface area contributed by atoms with E-state index in [1.165, 1.54) is 12.3 Å². The van der Waals surface area contributed by atoms with Gasteiger partial charge < -0.3 is 10.8 Å². The summed E-state index contributed by atoms with van der Waals surface area (Å²) < 4.78 is 0. The molecule has 0 atom stereocenters. The molecule has 8 nitrogen and oxygen atoms in total. The number of aromatic nitrogens is 4. The Labute approximate surface area is 95.4 Å². The van der Waals surface area contributed by atoms with E-state index >= 15 is 0 Å². The van der Waals surface area contributed by atoms with Crippen molar-refractivity contribution in [2.24, 2.45) is 5.10 Å². The molecule has 0 radical (unpaired) electrons. The molecule has 0 bridgehead atoms. The van der Waals surface area contributed by atoms with E-state index in [1.807, 2.05) is 0 Å². The van der Waals surface area contributed by atoms with E-state index in [2.05, 4.69) is 20.6 Å². The van der Waals surface area contributed by atoms with Crippen LogP contribution in [0.2, 0.25) is 0 Å². The fraction of sp³-hybridized carbons (Fsp3) is 0. The molecule has 0 aliphatic carbocycles. The monoisotopic (exact) mass is 232 g/mol. The van der Waals surface area contributed by atoms with Crippen LogP contribution in [0.25, 0.3) is 0 Å². The van der Waals surface area contributed by atoms with E-state index in [0.29, 0.717) is 5.56 Å². The lowest BCUT2D eigenvalue weighted by atomic mass is 10.1. The van der Waals surface area contributed by atoms with Crippen molar-refractivity contribution in [2.75, 3.05) is 5.73 Å². The van der Waals surface area contributed by atoms with Gasteiger partial charge in [-0.15, -0.1) is 0 Å². The number of nitrogens with two attached hydrogens (primary N) is 1. The summed E-state index contributed by atoms with van der Waals surface area (Å²) in [5.74, 6) is -1.01. The number of carboxylic acid groups (broad SMARTS) is 1. The minimum absolute atomic E-state index is 0.0223. The Bertz CT molecular complexity index is 576. The molecule has 0 aliphatic heterocycles. The molecule has 1 aromatic heterocycles. The predicted molar refractivity (Wildman–Crippen MR) is 58.6 cm³/mol. The van der Waals surface area contributed by atoms with Gasteiger partial charge in [-0.3, -0.25) is 0 Å². The molecule has 8 heteroatoms. The highest BCUT2D eigenvalue weighted by Gasteiger charge is 2.07. The number of benzene rings is 1. The van der Waals surface area contributed by atoms with E-state index in [0.717, 1.165) is 4.79 Å². The zero-order chi connectivity index (χ0) is 12.3. The maximum absolute atomic E-state index is 10.9. The lowest BCUT2D eigenvalue weighted by molar-refractivity contribution is 0.0697. The number of nitrogens with zero attached hydrogens (tertiary/aromatic N) is 5. The van der Waals surface area contributed by atoms with Crippen LogP contribution in [-0.4, -0.2) is 37.6 Å². The number of tetrazole rings is 1. The van der Waals surface area contributed by atoms with E-state index in [9.17, 15) is 4.79 Å². The largest absolute Gasteiger partial charge is 0.478 e. The number of hydrogen-bond donors (Lipinski definition) is 2. The third-order valence-corrected chi connectivity index (χ3v) is 1.97. The normalized spacial score (nSPS) is 10.8. The second-order valence-corrected chi connectivity index (χ2v) is 3.06. The van der Waals surface area contributed by atoms with E-state index < -0.39 is 5.97 Å². The number of rotatable bonds is 3. The van der Waals surface area contributed by atoms with Crippen molar-refractivity contribution in [1.29, 1.82) is 0 Å². The van der Waals surface area contributed by atoms with Crippen LogP contribution in [0.5, 0.6) is 0 Å². The standard InChI is InChI=1S/C9H8N6O2/c10-9-12-13-14-15(9)11-5-6-3-1-2-4-7(6)8(16)17/h1-5H,(H,16,17)(H2,10,12,14)/b11-5-. The molecule has 86 valence electrons. The maximum atomic E-state index is 10.9. The van der Waals surface area contributed by atoms with Crippen molar-refractivity contribution in [3.63, 3.8) is 0 Å². The van der Waals surface area contributed by atoms with Crippen LogP contribution in [0.3, 0.4) is 0 Å². The van der Waals surface area contributed by atoms with Crippen LogP contribution in [0.1, 0.15) is 15.9 Å². The second kappa shape index (κ2) is 4.39. The lowest BCUT2D eigenvalue weighted by Crippen LogP contribution is -2.03. The van der Waals surface area contributed by atoms with Crippen molar-refractivity contribution >= 4 is 18.1 Å². The maximum Gasteiger partial charge on any atom is 0.336 e. The molecule has 0 aliphatic rings. The fourth-order valence-electron chi connectivity index (χ4n) is 1.19. The minimum Gasteiger partial charge on any atom is -0.478 e. The molecule has 0 saturated carbocycles. The molecule has 1 heterocycles. The zero-order valence-electron chi connectivity index (χ0n) is 8.56. The highest BCUT2D eigenvalue weighted by Crippen LogP contribution is 2.06. The van der Waals surface area contributed by atoms with Crippen LogP contribution in [0.4, 0.5) is 5.95 Å². The number of hydrogen-bond acceptors (Lipinski definition) is 6. The van der Waals surface area contributed by atoms with Gasteiger partial charge in [0, 0.05) is 5.56 Å². The SMILES string of the molecule is Nc1nnnn1/N=C\c1ccccc1C(=O)O. The summed E-state index contributed by atoms with van der Waals surface area (Å²) in [7, 11) is 0. The Morgan fingerprint density at radius 3 is 2.88 bits per heavy atom. The molecular formula is C9H8N6O2. The molecule has 2 aromatic rings. The highest BCUT2D eigenvalue weighted by molar-refractivity contribution is 5.98. The van der Waals surface area contributed by atoms with E-state index in [-0.39, 0.29) is 11.5 Å². The summed E-state index contributed by atoms with van der Waals surface area (Å²) in [5, 5.41) is 23.0. The molecule has 0 unspecified atom stereocenters. The van der Waals surface area contributed by atoms with Crippen LogP contribution in [0, 0.1) is 0 Å². The summed E-state index contributed by atoms with van der Waals surface area (Å²) in [6.45, 7) is 0. The van der Waals surface area contributed by atoms with E-state index in [1.54, 1.807) is 18.2 Å². The third kappa shape index (κ3) is 2.25. The van der Waals surface area contributed by atoms with Crippen molar-refractivity contribution in [3.8, 4) is 0 Å². The third-order valence-electron chi connectivity index (χ3n) is 1.97. The smallest absolute Gasteiger partial charge is 0.336 e. The quantitative estimate of drug-likeness (QED) is 0.709. The number of carboxylic acids is 1. The van der Waals surface area contributed by atoms with Crippen LogP contribution in [-0.2, 0) is 0 Å². The van der Waals surface area contributed by atoms with Gasteiger partial charge in [0.1, 0.15) is 0 Å². The summed E-state index contributed by atoms with van der Waals surface area (Å²) in [6.07, 6.45) is 1.33. The first-order valence-electron chi connectivity index (χ1n) is 4.59. The first kappa shape index (κ1) is 10.7. The van der Waals surface area contributed by atoms with Gasteiger partial charge in [0.2, 0.25) is 0 Å². The van der Waals surface area contributed by atoms with Gasteiger partial charge in [0.05, 0.1) is 11.8 Å². The molecule has 3 N–H and O–H groups in total. The molecule has 0 saturated heterocycles. The Balaban J connectivity index is 2.33. The summed E-state index contributed by atoms with van der Waals surface area (Å²) >= 11 is 0. The predicted octanol–water partition coefficient (Wildman–Crippen LogP) is -0.164. The van der Waals surface area contributed by atoms with Crippen molar-refractivity contribution < 1.29 is 9.90 Å². The lowest BCUT2D eigenvalue weighted by Gasteiger charge is -1.98. The van der Waals surface area contributed by atoms with Gasteiger partial charge in [-0.25, -0.2) is 4.79 Å². The van der Waals surface area contributed by atoms with Crippen LogP contribution in [0.15, 0.2) is 29.4 Å². The molecule has 0 fully saturated rings. The second-order valence-electron chi connectivity index (χ2n) is 3.06. The molecular weight excluding hydrogens is 224 g/mol. The Kier molecular flexibility index (Phi) is 2.77. The summed E-state index contributed by atoms with van der Waals surface area (Å²) in [6, 6.07) is 6.43. The Morgan fingerprint density at radius 1 is 1.47 bits per heavy atom. The minimum atomic E-state index is -1.03. The number of nitrogen functional groups attached to an aromatic ring is 1. The van der Waals surface area contributed by atoms with Gasteiger partial charge in [-0.2, -0.15) is 5.10 Å². The van der Waals surface area contributed by atoms with Gasteiger partial charge in [-0.05, 0) is 16.5 Å². The topological polar surface area (TPSA) is 119 Å². The fourth-order valence-corrected chi connectivity index (χ4v) is 1.19. The Hall–Kier alpha value is -2.77. The first-order chi connectivity index (χ1) is 8.18. The number of aromatic carboxylic acids is 1. The number of anilines is 1. The summed E-state index contributed by atoms with van der Waals surface area (Å²) in [5.41, 5.74) is 5.98. The molecule has 17 heavy (non-hydrogen) atoms. The highest BCUT2D eigenvalue weighted by atomic mass is 16.4. The van der Waals surface area contributed by atoms with Gasteiger partial charge in [-0.1, -0.05) is 28.1 Å². The van der Waals surface area contributed by atoms with Gasteiger partial charge >= 0.3 is 5.97 Å². The van der Waals surface area contributed by atoms with Crippen LogP contribution >= 0.6 is 0 Å². The summed E-state index contributed by atoms with van der Waals surface area (Å²) in [4.78, 5) is 11.9. The van der Waals surface area contributed by atoms with Crippen molar-refractivity contribution in [2.45, 2.75) is 0 Å². The van der Waals surface area contributed by atoms with Crippen molar-refractivity contribution in [1.82, 2.24) is 20.3 Å². The molecule has 1 aromatic carbocycles. The molecule has 0 amide bonds. The van der Waals surface area contributed by atoms with Gasteiger partial charge in [0.25, 0.3) is 5.95 Å². The average molecular weight is 232 g/mol. The zero-order valence-corrected chi connectivity index (χ0v) is 8.56. The van der Waals surface area contributed by atoms with Crippen molar-refractivity contribution in [3.05, 3.63) is 35.4 Å². The van der Waals surface area contributed by atoms with Crippen LogP contribution < -0.4 is 5.73 Å². The number of carbonyl (C=O) groups is 1. The van der Waals surface area contributed by atoms with E-state index in [4.69, 9.17) is 10.8 Å². The first-order valence-corrected chi connectivity index (χ1v) is 4.59. The van der Waals surface area contributed by atoms with Gasteiger partial charge in [0.15, 0.2) is 0 Å². The average Bonchev–Trinajstić information content (AvgIpc) is 2.72.